The van der Waals surface area contributed by atoms with E-state index in [-0.39, 0.29) is 29.9 Å². The summed E-state index contributed by atoms with van der Waals surface area (Å²) in [7, 11) is 0. The lowest BCUT2D eigenvalue weighted by Gasteiger charge is -2.23. The van der Waals surface area contributed by atoms with E-state index in [9.17, 15) is 4.79 Å². The van der Waals surface area contributed by atoms with Gasteiger partial charge in [0.1, 0.15) is 0 Å². The van der Waals surface area contributed by atoms with Gasteiger partial charge in [-0.3, -0.25) is 9.79 Å². The summed E-state index contributed by atoms with van der Waals surface area (Å²) < 4.78 is 4.88. The van der Waals surface area contributed by atoms with Gasteiger partial charge in [0.25, 0.3) is 0 Å². The predicted octanol–water partition coefficient (Wildman–Crippen LogP) is 2.82. The molecule has 21 heavy (non-hydrogen) atoms. The normalized spacial score (nSPS) is 15.0. The van der Waals surface area contributed by atoms with Crippen molar-refractivity contribution in [2.75, 3.05) is 19.7 Å². The summed E-state index contributed by atoms with van der Waals surface area (Å²) in [4.78, 5) is 15.5. The Hall–Kier alpha value is -0.530. The Morgan fingerprint density at radius 1 is 1.29 bits per heavy atom. The van der Waals surface area contributed by atoms with Crippen LogP contribution in [0.3, 0.4) is 0 Å². The Kier molecular flexibility index (Phi) is 12.8. The van der Waals surface area contributed by atoms with E-state index in [4.69, 9.17) is 10.5 Å². The minimum atomic E-state index is -0.0852. The van der Waals surface area contributed by atoms with Crippen LogP contribution in [0.2, 0.25) is 0 Å². The molecule has 0 bridgehead atoms. The minimum absolute atomic E-state index is 0. The molecule has 0 aliphatic heterocycles. The van der Waals surface area contributed by atoms with E-state index < -0.39 is 0 Å². The number of nitrogens with zero attached hydrogens (tertiary/aromatic N) is 1. The summed E-state index contributed by atoms with van der Waals surface area (Å²) >= 11 is 0. The molecule has 1 rings (SSSR count). The molecule has 0 heterocycles. The number of hydrogen-bond donors (Lipinski definition) is 2. The first-order chi connectivity index (χ1) is 9.72. The summed E-state index contributed by atoms with van der Waals surface area (Å²) in [5.41, 5.74) is 5.79. The zero-order chi connectivity index (χ0) is 14.6. The molecule has 0 amide bonds. The molecule has 5 nitrogen and oxygen atoms in total. The molecule has 0 aromatic carbocycles. The van der Waals surface area contributed by atoms with Crippen LogP contribution in [0.25, 0.3) is 0 Å². The average molecular weight is 411 g/mol. The molecule has 1 aliphatic carbocycles. The zero-order valence-electron chi connectivity index (χ0n) is 13.1. The largest absolute Gasteiger partial charge is 0.466 e. The Balaban J connectivity index is 0.00000400. The van der Waals surface area contributed by atoms with Crippen LogP contribution in [0.15, 0.2) is 4.99 Å². The molecule has 0 aromatic rings. The van der Waals surface area contributed by atoms with Gasteiger partial charge in [-0.25, -0.2) is 0 Å². The van der Waals surface area contributed by atoms with E-state index in [0.717, 1.165) is 44.7 Å². The summed E-state index contributed by atoms with van der Waals surface area (Å²) in [5.74, 6) is 1.25. The van der Waals surface area contributed by atoms with Gasteiger partial charge in [-0.1, -0.05) is 19.3 Å². The number of carbonyl (C=O) groups is 1. The zero-order valence-corrected chi connectivity index (χ0v) is 15.4. The van der Waals surface area contributed by atoms with E-state index in [0.29, 0.717) is 19.0 Å². The van der Waals surface area contributed by atoms with Crippen molar-refractivity contribution in [2.24, 2.45) is 16.6 Å². The van der Waals surface area contributed by atoms with Crippen LogP contribution in [0.1, 0.15) is 58.3 Å². The molecular weight excluding hydrogens is 381 g/mol. The average Bonchev–Trinajstić information content (AvgIpc) is 2.36. The highest BCUT2D eigenvalue weighted by Crippen LogP contribution is 2.26. The maximum atomic E-state index is 11.1. The highest BCUT2D eigenvalue weighted by Gasteiger charge is 2.16. The lowest BCUT2D eigenvalue weighted by Crippen LogP contribution is -2.33. The molecule has 1 fully saturated rings. The molecule has 0 aromatic heterocycles. The molecule has 124 valence electrons. The van der Waals surface area contributed by atoms with E-state index in [1.807, 2.05) is 6.92 Å². The highest BCUT2D eigenvalue weighted by atomic mass is 127. The quantitative estimate of drug-likeness (QED) is 0.191. The van der Waals surface area contributed by atoms with Crippen molar-refractivity contribution in [1.29, 1.82) is 0 Å². The number of rotatable bonds is 10. The van der Waals surface area contributed by atoms with E-state index in [2.05, 4.69) is 10.3 Å². The Bertz CT molecular complexity index is 307. The van der Waals surface area contributed by atoms with E-state index >= 15 is 0 Å². The molecule has 0 unspecified atom stereocenters. The number of guanidine groups is 1. The molecule has 1 saturated carbocycles. The van der Waals surface area contributed by atoms with E-state index in [1.165, 1.54) is 19.3 Å². The summed E-state index contributed by atoms with van der Waals surface area (Å²) in [5, 5.41) is 3.14. The first-order valence-corrected chi connectivity index (χ1v) is 7.91. The van der Waals surface area contributed by atoms with Gasteiger partial charge in [0.15, 0.2) is 5.96 Å². The third-order valence-electron chi connectivity index (χ3n) is 3.66. The number of nitrogens with one attached hydrogen (secondary N) is 1. The number of ether oxygens (including phenoxy) is 1. The van der Waals surface area contributed by atoms with Crippen LogP contribution in [0.5, 0.6) is 0 Å². The van der Waals surface area contributed by atoms with Gasteiger partial charge in [0, 0.05) is 19.5 Å². The van der Waals surface area contributed by atoms with Crippen molar-refractivity contribution < 1.29 is 9.53 Å². The van der Waals surface area contributed by atoms with Crippen LogP contribution in [-0.4, -0.2) is 31.6 Å². The van der Waals surface area contributed by atoms with Gasteiger partial charge in [0.2, 0.25) is 0 Å². The molecule has 6 heteroatoms. The monoisotopic (exact) mass is 411 g/mol. The van der Waals surface area contributed by atoms with Crippen LogP contribution < -0.4 is 11.1 Å². The van der Waals surface area contributed by atoms with E-state index in [1.54, 1.807) is 0 Å². The van der Waals surface area contributed by atoms with Crippen LogP contribution in [0, 0.1) is 5.92 Å². The fourth-order valence-corrected chi connectivity index (χ4v) is 2.16. The van der Waals surface area contributed by atoms with Gasteiger partial charge in [0.05, 0.1) is 6.61 Å². The van der Waals surface area contributed by atoms with Crippen LogP contribution >= 0.6 is 24.0 Å². The van der Waals surface area contributed by atoms with Gasteiger partial charge in [-0.15, -0.1) is 24.0 Å². The van der Waals surface area contributed by atoms with Gasteiger partial charge in [-0.05, 0) is 38.5 Å². The Labute approximate surface area is 145 Å². The topological polar surface area (TPSA) is 76.7 Å². The molecule has 0 atom stereocenters. The van der Waals surface area contributed by atoms with Crippen molar-refractivity contribution in [1.82, 2.24) is 5.32 Å². The first kappa shape index (κ1) is 20.5. The molecule has 3 N–H and O–H groups in total. The summed E-state index contributed by atoms with van der Waals surface area (Å²) in [6.07, 6.45) is 8.61. The molecule has 1 aliphatic rings. The minimum Gasteiger partial charge on any atom is -0.466 e. The fourth-order valence-electron chi connectivity index (χ4n) is 2.16. The lowest BCUT2D eigenvalue weighted by atomic mass is 9.86. The number of halogens is 1. The number of unbranched alkanes of at least 4 members (excludes halogenated alkanes) is 3. The second kappa shape index (κ2) is 13.2. The van der Waals surface area contributed by atoms with Gasteiger partial charge in [-0.2, -0.15) is 0 Å². The molecule has 0 spiro atoms. The third kappa shape index (κ3) is 10.8. The van der Waals surface area contributed by atoms with Crippen molar-refractivity contribution in [2.45, 2.75) is 58.3 Å². The smallest absolute Gasteiger partial charge is 0.305 e. The standard InChI is InChI=1S/C15H29N3O2.HI/c1-2-20-14(19)10-5-3-4-6-11-17-15(16)18-12-13-8-7-9-13;/h13H,2-12H2,1H3,(H3,16,17,18);1H. The van der Waals surface area contributed by atoms with Crippen LogP contribution in [-0.2, 0) is 9.53 Å². The highest BCUT2D eigenvalue weighted by molar-refractivity contribution is 14.0. The van der Waals surface area contributed by atoms with Crippen molar-refractivity contribution in [3.05, 3.63) is 0 Å². The number of hydrogen-bond acceptors (Lipinski definition) is 3. The number of aliphatic imine (C=N–C) groups is 1. The van der Waals surface area contributed by atoms with Crippen molar-refractivity contribution >= 4 is 35.9 Å². The maximum absolute atomic E-state index is 11.1. The SMILES string of the molecule is CCOC(=O)CCCCCCNC(N)=NCC1CCC1.I. The second-order valence-electron chi connectivity index (χ2n) is 5.42. The number of carbonyl (C=O) groups excluding carboxylic acids is 1. The summed E-state index contributed by atoms with van der Waals surface area (Å²) in [6, 6.07) is 0. The second-order valence-corrected chi connectivity index (χ2v) is 5.42. The van der Waals surface area contributed by atoms with Gasteiger partial charge < -0.3 is 15.8 Å². The summed E-state index contributed by atoms with van der Waals surface area (Å²) in [6.45, 7) is 4.04. The number of esters is 1. The first-order valence-electron chi connectivity index (χ1n) is 7.91. The van der Waals surface area contributed by atoms with Crippen LogP contribution in [0.4, 0.5) is 0 Å². The van der Waals surface area contributed by atoms with Gasteiger partial charge >= 0.3 is 5.97 Å². The lowest BCUT2D eigenvalue weighted by molar-refractivity contribution is -0.143. The Morgan fingerprint density at radius 3 is 2.62 bits per heavy atom. The number of nitrogens with two attached hydrogens (primary N) is 1. The molecule has 0 radical (unpaired) electrons. The predicted molar refractivity (Wildman–Crippen MR) is 97.0 cm³/mol. The van der Waals surface area contributed by atoms with Crippen molar-refractivity contribution in [3.8, 4) is 0 Å². The maximum Gasteiger partial charge on any atom is 0.305 e. The fraction of sp³-hybridized carbons (Fsp3) is 0.867. The van der Waals surface area contributed by atoms with Crippen molar-refractivity contribution in [3.63, 3.8) is 0 Å². The molecule has 0 saturated heterocycles. The third-order valence-corrected chi connectivity index (χ3v) is 3.66. The Morgan fingerprint density at radius 2 is 2.00 bits per heavy atom. The molecular formula is C15H30IN3O2.